The number of rotatable bonds is 4. The summed E-state index contributed by atoms with van der Waals surface area (Å²) in [6, 6.07) is 7.60. The van der Waals surface area contributed by atoms with Crippen LogP contribution in [0.1, 0.15) is 5.89 Å². The first kappa shape index (κ1) is 15.6. The van der Waals surface area contributed by atoms with E-state index in [2.05, 4.69) is 19.8 Å². The largest absolute Gasteiger partial charge is 0.439 e. The van der Waals surface area contributed by atoms with Gasteiger partial charge in [0, 0.05) is 48.3 Å². The Hall–Kier alpha value is -1.89. The van der Waals surface area contributed by atoms with Crippen LogP contribution in [0.4, 0.5) is 5.13 Å². The zero-order valence-electron chi connectivity index (χ0n) is 13.1. The van der Waals surface area contributed by atoms with Crippen LogP contribution >= 0.6 is 22.9 Å². The number of nitrogens with zero attached hydrogens (tertiary/aromatic N) is 4. The maximum atomic E-state index is 5.92. The Balaban J connectivity index is 1.36. The molecule has 0 atom stereocenters. The summed E-state index contributed by atoms with van der Waals surface area (Å²) in [6.07, 6.45) is 3.64. The lowest BCUT2D eigenvalue weighted by Crippen LogP contribution is -2.45. The number of thiazole rings is 1. The second kappa shape index (κ2) is 6.93. The molecule has 3 heterocycles. The summed E-state index contributed by atoms with van der Waals surface area (Å²) in [5.41, 5.74) is 0.992. The average Bonchev–Trinajstić information content (AvgIpc) is 3.28. The Labute approximate surface area is 149 Å². The molecule has 3 aromatic rings. The molecule has 0 unspecified atom stereocenters. The fraction of sp³-hybridized carbons (Fsp3) is 0.294. The van der Waals surface area contributed by atoms with Crippen LogP contribution in [0.15, 0.2) is 46.5 Å². The minimum absolute atomic E-state index is 0.719. The predicted molar refractivity (Wildman–Crippen MR) is 96.6 cm³/mol. The number of oxazole rings is 1. The topological polar surface area (TPSA) is 45.4 Å². The molecule has 1 saturated heterocycles. The summed E-state index contributed by atoms with van der Waals surface area (Å²) in [7, 11) is 0. The SMILES string of the molecule is Clc1ccc(-c2cnc(CN3CCN(c4nccs4)CC3)o2)cc1. The highest BCUT2D eigenvalue weighted by Gasteiger charge is 2.20. The summed E-state index contributed by atoms with van der Waals surface area (Å²) < 4.78 is 5.89. The molecule has 1 aliphatic heterocycles. The predicted octanol–water partition coefficient (Wildman–Crippen LogP) is 3.77. The molecule has 0 aliphatic carbocycles. The Kier molecular flexibility index (Phi) is 4.51. The maximum absolute atomic E-state index is 5.92. The number of benzene rings is 1. The van der Waals surface area contributed by atoms with Crippen molar-refractivity contribution in [3.8, 4) is 11.3 Å². The molecule has 0 N–H and O–H groups in total. The molecule has 1 aromatic carbocycles. The second-order valence-corrected chi connectivity index (χ2v) is 7.01. The third kappa shape index (κ3) is 3.45. The smallest absolute Gasteiger partial charge is 0.209 e. The van der Waals surface area contributed by atoms with Crippen LogP contribution in [0, 0.1) is 0 Å². The van der Waals surface area contributed by atoms with Crippen molar-refractivity contribution in [1.82, 2.24) is 14.9 Å². The summed E-state index contributed by atoms with van der Waals surface area (Å²) in [5.74, 6) is 1.53. The zero-order valence-corrected chi connectivity index (χ0v) is 14.6. The van der Waals surface area contributed by atoms with Crippen molar-refractivity contribution in [3.05, 3.63) is 53.0 Å². The standard InChI is InChI=1S/C17H17ClN4OS/c18-14-3-1-13(2-4-14)15-11-20-16(23-15)12-21-6-8-22(9-7-21)17-19-5-10-24-17/h1-5,10-11H,6-9,12H2. The van der Waals surface area contributed by atoms with Crippen molar-refractivity contribution in [3.63, 3.8) is 0 Å². The monoisotopic (exact) mass is 360 g/mol. The van der Waals surface area contributed by atoms with Gasteiger partial charge in [0.15, 0.2) is 10.9 Å². The zero-order chi connectivity index (χ0) is 16.4. The van der Waals surface area contributed by atoms with Gasteiger partial charge in [-0.15, -0.1) is 11.3 Å². The molecule has 24 heavy (non-hydrogen) atoms. The van der Waals surface area contributed by atoms with E-state index in [1.54, 1.807) is 17.5 Å². The molecule has 0 radical (unpaired) electrons. The van der Waals surface area contributed by atoms with E-state index in [9.17, 15) is 0 Å². The van der Waals surface area contributed by atoms with Gasteiger partial charge in [0.2, 0.25) is 5.89 Å². The molecule has 0 spiro atoms. The number of hydrogen-bond donors (Lipinski definition) is 0. The van der Waals surface area contributed by atoms with Crippen molar-refractivity contribution in [2.75, 3.05) is 31.1 Å². The lowest BCUT2D eigenvalue weighted by molar-refractivity contribution is 0.227. The Bertz CT molecular complexity index is 779. The molecule has 1 aliphatic rings. The van der Waals surface area contributed by atoms with E-state index < -0.39 is 0 Å². The second-order valence-electron chi connectivity index (χ2n) is 5.70. The van der Waals surface area contributed by atoms with Gasteiger partial charge in [0.1, 0.15) is 0 Å². The average molecular weight is 361 g/mol. The fourth-order valence-corrected chi connectivity index (χ4v) is 3.61. The van der Waals surface area contributed by atoms with E-state index in [0.29, 0.717) is 0 Å². The van der Waals surface area contributed by atoms with Crippen molar-refractivity contribution in [2.45, 2.75) is 6.54 Å². The molecule has 2 aromatic heterocycles. The third-order valence-electron chi connectivity index (χ3n) is 4.10. The van der Waals surface area contributed by atoms with Gasteiger partial charge in [-0.2, -0.15) is 0 Å². The van der Waals surface area contributed by atoms with Crippen LogP contribution in [-0.2, 0) is 6.54 Å². The summed E-state index contributed by atoms with van der Waals surface area (Å²) in [5, 5.41) is 3.85. The van der Waals surface area contributed by atoms with E-state index >= 15 is 0 Å². The van der Waals surface area contributed by atoms with Gasteiger partial charge in [-0.05, 0) is 24.3 Å². The van der Waals surface area contributed by atoms with E-state index in [1.807, 2.05) is 35.8 Å². The Morgan fingerprint density at radius 2 is 1.88 bits per heavy atom. The molecular weight excluding hydrogens is 344 g/mol. The third-order valence-corrected chi connectivity index (χ3v) is 5.19. The van der Waals surface area contributed by atoms with E-state index in [-0.39, 0.29) is 0 Å². The molecule has 0 saturated carbocycles. The van der Waals surface area contributed by atoms with E-state index in [4.69, 9.17) is 16.0 Å². The normalized spacial score (nSPS) is 15.8. The lowest BCUT2D eigenvalue weighted by atomic mass is 10.2. The van der Waals surface area contributed by atoms with Gasteiger partial charge in [-0.3, -0.25) is 4.90 Å². The van der Waals surface area contributed by atoms with Crippen molar-refractivity contribution >= 4 is 28.1 Å². The number of piperazine rings is 1. The van der Waals surface area contributed by atoms with Crippen LogP contribution in [0.5, 0.6) is 0 Å². The van der Waals surface area contributed by atoms with Gasteiger partial charge >= 0.3 is 0 Å². The molecule has 7 heteroatoms. The van der Waals surface area contributed by atoms with Gasteiger partial charge < -0.3 is 9.32 Å². The molecular formula is C17H17ClN4OS. The van der Waals surface area contributed by atoms with E-state index in [1.165, 1.54) is 0 Å². The van der Waals surface area contributed by atoms with Gasteiger partial charge in [-0.25, -0.2) is 9.97 Å². The molecule has 0 bridgehead atoms. The van der Waals surface area contributed by atoms with Crippen LogP contribution < -0.4 is 4.90 Å². The molecule has 1 fully saturated rings. The summed E-state index contributed by atoms with van der Waals surface area (Å²) in [4.78, 5) is 13.5. The molecule has 124 valence electrons. The Morgan fingerprint density at radius 1 is 1.08 bits per heavy atom. The lowest BCUT2D eigenvalue weighted by Gasteiger charge is -2.33. The first-order valence-corrected chi connectivity index (χ1v) is 9.11. The highest BCUT2D eigenvalue weighted by molar-refractivity contribution is 7.13. The van der Waals surface area contributed by atoms with Crippen molar-refractivity contribution < 1.29 is 4.42 Å². The minimum Gasteiger partial charge on any atom is -0.439 e. The van der Waals surface area contributed by atoms with Gasteiger partial charge in [0.25, 0.3) is 0 Å². The quantitative estimate of drug-likeness (QED) is 0.708. The highest BCUT2D eigenvalue weighted by Crippen LogP contribution is 2.23. The first-order chi connectivity index (χ1) is 11.8. The van der Waals surface area contributed by atoms with E-state index in [0.717, 1.165) is 60.1 Å². The maximum Gasteiger partial charge on any atom is 0.209 e. The van der Waals surface area contributed by atoms with Gasteiger partial charge in [-0.1, -0.05) is 11.6 Å². The number of halogens is 1. The minimum atomic E-state index is 0.719. The van der Waals surface area contributed by atoms with Crippen molar-refractivity contribution in [1.29, 1.82) is 0 Å². The molecule has 4 rings (SSSR count). The highest BCUT2D eigenvalue weighted by atomic mass is 35.5. The fourth-order valence-electron chi connectivity index (χ4n) is 2.79. The number of aromatic nitrogens is 2. The van der Waals surface area contributed by atoms with Crippen LogP contribution in [-0.4, -0.2) is 41.0 Å². The number of anilines is 1. The van der Waals surface area contributed by atoms with Gasteiger partial charge in [0.05, 0.1) is 12.7 Å². The van der Waals surface area contributed by atoms with Crippen molar-refractivity contribution in [2.24, 2.45) is 0 Å². The van der Waals surface area contributed by atoms with Crippen LogP contribution in [0.3, 0.4) is 0 Å². The van der Waals surface area contributed by atoms with Crippen LogP contribution in [0.2, 0.25) is 5.02 Å². The summed E-state index contributed by atoms with van der Waals surface area (Å²) in [6.45, 7) is 4.67. The number of hydrogen-bond acceptors (Lipinski definition) is 6. The first-order valence-electron chi connectivity index (χ1n) is 7.85. The van der Waals surface area contributed by atoms with Crippen LogP contribution in [0.25, 0.3) is 11.3 Å². The Morgan fingerprint density at radius 3 is 2.58 bits per heavy atom. The summed E-state index contributed by atoms with van der Waals surface area (Å²) >= 11 is 7.61. The molecule has 5 nitrogen and oxygen atoms in total. The molecule has 0 amide bonds.